The standard InChI is InChI=1S/C12H15N3O.ClH/c1-16-12-5-3-2-4-11(12)10-8-14-15(9-10)7-6-13;/h2-5,8-9H,6-7,13H2,1H3;1H. The minimum Gasteiger partial charge on any atom is -0.496 e. The van der Waals surface area contributed by atoms with Crippen LogP contribution in [-0.2, 0) is 6.54 Å². The molecule has 0 radical (unpaired) electrons. The summed E-state index contributed by atoms with van der Waals surface area (Å²) >= 11 is 0. The molecule has 92 valence electrons. The highest BCUT2D eigenvalue weighted by molar-refractivity contribution is 5.85. The SMILES string of the molecule is COc1ccccc1-c1cnn(CCN)c1.Cl. The van der Waals surface area contributed by atoms with E-state index in [1.807, 2.05) is 41.3 Å². The fraction of sp³-hybridized carbons (Fsp3) is 0.250. The predicted molar refractivity (Wildman–Crippen MR) is 70.5 cm³/mol. The van der Waals surface area contributed by atoms with E-state index in [0.717, 1.165) is 23.4 Å². The highest BCUT2D eigenvalue weighted by Gasteiger charge is 2.06. The van der Waals surface area contributed by atoms with Crippen LogP contribution in [0, 0.1) is 0 Å². The van der Waals surface area contributed by atoms with E-state index in [1.165, 1.54) is 0 Å². The number of ether oxygens (including phenoxy) is 1. The molecule has 4 nitrogen and oxygen atoms in total. The average molecular weight is 254 g/mol. The Bertz CT molecular complexity index is 470. The predicted octanol–water partition coefficient (Wildman–Crippen LogP) is 1.94. The summed E-state index contributed by atoms with van der Waals surface area (Å²) in [5, 5.41) is 4.24. The molecule has 1 aromatic carbocycles. The molecule has 0 aliphatic heterocycles. The summed E-state index contributed by atoms with van der Waals surface area (Å²) in [6.07, 6.45) is 3.80. The number of halogens is 1. The largest absolute Gasteiger partial charge is 0.496 e. The lowest BCUT2D eigenvalue weighted by Crippen LogP contribution is -2.09. The van der Waals surface area contributed by atoms with Crippen LogP contribution in [0.25, 0.3) is 11.1 Å². The molecule has 0 bridgehead atoms. The van der Waals surface area contributed by atoms with Crippen molar-refractivity contribution in [3.8, 4) is 16.9 Å². The molecule has 0 saturated carbocycles. The monoisotopic (exact) mass is 253 g/mol. The van der Waals surface area contributed by atoms with Gasteiger partial charge in [0.15, 0.2) is 0 Å². The maximum atomic E-state index is 5.48. The molecule has 0 fully saturated rings. The molecule has 0 saturated heterocycles. The minimum absolute atomic E-state index is 0. The van der Waals surface area contributed by atoms with Crippen molar-refractivity contribution >= 4 is 12.4 Å². The lowest BCUT2D eigenvalue weighted by Gasteiger charge is -2.05. The first-order valence-corrected chi connectivity index (χ1v) is 5.21. The molecule has 0 unspecified atom stereocenters. The van der Waals surface area contributed by atoms with Gasteiger partial charge in [0.05, 0.1) is 19.9 Å². The molecule has 0 atom stereocenters. The van der Waals surface area contributed by atoms with Crippen LogP contribution in [0.3, 0.4) is 0 Å². The number of para-hydroxylation sites is 1. The van der Waals surface area contributed by atoms with Crippen LogP contribution in [0.2, 0.25) is 0 Å². The van der Waals surface area contributed by atoms with Gasteiger partial charge in [0.1, 0.15) is 5.75 Å². The van der Waals surface area contributed by atoms with Gasteiger partial charge in [0.25, 0.3) is 0 Å². The van der Waals surface area contributed by atoms with Gasteiger partial charge in [0.2, 0.25) is 0 Å². The van der Waals surface area contributed by atoms with Gasteiger partial charge in [-0.3, -0.25) is 4.68 Å². The molecule has 2 aromatic rings. The van der Waals surface area contributed by atoms with Crippen LogP contribution in [0.1, 0.15) is 0 Å². The van der Waals surface area contributed by atoms with Gasteiger partial charge in [-0.05, 0) is 6.07 Å². The third-order valence-electron chi connectivity index (χ3n) is 2.41. The first kappa shape index (κ1) is 13.5. The average Bonchev–Trinajstić information content (AvgIpc) is 2.78. The van der Waals surface area contributed by atoms with Crippen LogP contribution in [0.4, 0.5) is 0 Å². The normalized spacial score (nSPS) is 9.76. The van der Waals surface area contributed by atoms with Crippen LogP contribution in [-0.4, -0.2) is 23.4 Å². The van der Waals surface area contributed by atoms with Gasteiger partial charge in [-0.25, -0.2) is 0 Å². The van der Waals surface area contributed by atoms with E-state index in [4.69, 9.17) is 10.5 Å². The lowest BCUT2D eigenvalue weighted by atomic mass is 10.1. The number of aromatic nitrogens is 2. The van der Waals surface area contributed by atoms with Crippen molar-refractivity contribution in [1.29, 1.82) is 0 Å². The number of hydrogen-bond donors (Lipinski definition) is 1. The molecule has 0 aliphatic carbocycles. The number of nitrogens with two attached hydrogens (primary N) is 1. The Kier molecular flexibility index (Phi) is 5.00. The zero-order valence-electron chi connectivity index (χ0n) is 9.67. The number of methoxy groups -OCH3 is 1. The summed E-state index contributed by atoms with van der Waals surface area (Å²) in [5.41, 5.74) is 7.58. The molecule has 1 aromatic heterocycles. The van der Waals surface area contributed by atoms with Crippen LogP contribution >= 0.6 is 12.4 Å². The van der Waals surface area contributed by atoms with Crippen LogP contribution in [0.15, 0.2) is 36.7 Å². The summed E-state index contributed by atoms with van der Waals surface area (Å²) < 4.78 is 7.14. The van der Waals surface area contributed by atoms with Crippen molar-refractivity contribution in [2.45, 2.75) is 6.54 Å². The summed E-state index contributed by atoms with van der Waals surface area (Å²) in [6.45, 7) is 1.32. The molecule has 17 heavy (non-hydrogen) atoms. The first-order chi connectivity index (χ1) is 7.85. The number of nitrogens with zero attached hydrogens (tertiary/aromatic N) is 2. The molecule has 5 heteroatoms. The Morgan fingerprint density at radius 1 is 1.35 bits per heavy atom. The van der Waals surface area contributed by atoms with E-state index in [-0.39, 0.29) is 12.4 Å². The van der Waals surface area contributed by atoms with E-state index in [1.54, 1.807) is 7.11 Å². The summed E-state index contributed by atoms with van der Waals surface area (Å²) in [5.74, 6) is 0.856. The quantitative estimate of drug-likeness (QED) is 0.906. The van der Waals surface area contributed by atoms with Gasteiger partial charge in [-0.1, -0.05) is 18.2 Å². The van der Waals surface area contributed by atoms with Crippen molar-refractivity contribution < 1.29 is 4.74 Å². The topological polar surface area (TPSA) is 53.1 Å². The first-order valence-electron chi connectivity index (χ1n) is 5.21. The van der Waals surface area contributed by atoms with E-state index >= 15 is 0 Å². The van der Waals surface area contributed by atoms with Crippen molar-refractivity contribution in [2.75, 3.05) is 13.7 Å². The second-order valence-corrected chi connectivity index (χ2v) is 3.48. The molecule has 2 rings (SSSR count). The Labute approximate surface area is 107 Å². The Hall–Kier alpha value is -1.52. The van der Waals surface area contributed by atoms with Crippen LogP contribution < -0.4 is 10.5 Å². The zero-order valence-corrected chi connectivity index (χ0v) is 10.5. The van der Waals surface area contributed by atoms with Crippen molar-refractivity contribution in [1.82, 2.24) is 9.78 Å². The summed E-state index contributed by atoms with van der Waals surface area (Å²) in [7, 11) is 1.67. The molecule has 1 heterocycles. The Morgan fingerprint density at radius 2 is 2.12 bits per heavy atom. The summed E-state index contributed by atoms with van der Waals surface area (Å²) in [4.78, 5) is 0. The van der Waals surface area contributed by atoms with Crippen molar-refractivity contribution in [3.05, 3.63) is 36.7 Å². The zero-order chi connectivity index (χ0) is 11.4. The maximum absolute atomic E-state index is 5.48. The second kappa shape index (κ2) is 6.27. The third kappa shape index (κ3) is 2.99. The molecule has 0 spiro atoms. The van der Waals surface area contributed by atoms with E-state index < -0.39 is 0 Å². The molecular formula is C12H16ClN3O. The molecule has 0 aliphatic rings. The van der Waals surface area contributed by atoms with Crippen molar-refractivity contribution in [3.63, 3.8) is 0 Å². The molecule has 0 amide bonds. The van der Waals surface area contributed by atoms with E-state index in [2.05, 4.69) is 5.10 Å². The van der Waals surface area contributed by atoms with Gasteiger partial charge in [-0.15, -0.1) is 12.4 Å². The summed E-state index contributed by atoms with van der Waals surface area (Å²) in [6, 6.07) is 7.89. The maximum Gasteiger partial charge on any atom is 0.126 e. The lowest BCUT2D eigenvalue weighted by molar-refractivity contribution is 0.416. The van der Waals surface area contributed by atoms with E-state index in [9.17, 15) is 0 Å². The second-order valence-electron chi connectivity index (χ2n) is 3.48. The van der Waals surface area contributed by atoms with Gasteiger partial charge >= 0.3 is 0 Å². The van der Waals surface area contributed by atoms with Crippen molar-refractivity contribution in [2.24, 2.45) is 5.73 Å². The van der Waals surface area contributed by atoms with Gasteiger partial charge < -0.3 is 10.5 Å². The molecular weight excluding hydrogens is 238 g/mol. The number of hydrogen-bond acceptors (Lipinski definition) is 3. The highest BCUT2D eigenvalue weighted by atomic mass is 35.5. The smallest absolute Gasteiger partial charge is 0.126 e. The number of benzene rings is 1. The van der Waals surface area contributed by atoms with Crippen LogP contribution in [0.5, 0.6) is 5.75 Å². The molecule has 2 N–H and O–H groups in total. The Balaban J connectivity index is 0.00000144. The van der Waals surface area contributed by atoms with Gasteiger partial charge in [-0.2, -0.15) is 5.10 Å². The van der Waals surface area contributed by atoms with E-state index in [0.29, 0.717) is 6.54 Å². The number of rotatable bonds is 4. The fourth-order valence-electron chi connectivity index (χ4n) is 1.64. The fourth-order valence-corrected chi connectivity index (χ4v) is 1.64. The highest BCUT2D eigenvalue weighted by Crippen LogP contribution is 2.28. The van der Waals surface area contributed by atoms with Gasteiger partial charge in [0, 0.05) is 23.9 Å². The third-order valence-corrected chi connectivity index (χ3v) is 2.41. The minimum atomic E-state index is 0. The Morgan fingerprint density at radius 3 is 2.82 bits per heavy atom.